The fourth-order valence-corrected chi connectivity index (χ4v) is 0.312. The topological polar surface area (TPSA) is 34.0 Å². The van der Waals surface area contributed by atoms with Gasteiger partial charge in [0, 0.05) is 0 Å². The molecule has 0 aliphatic carbocycles. The van der Waals surface area contributed by atoms with Crippen LogP contribution < -0.4 is 0 Å². The van der Waals surface area contributed by atoms with E-state index < -0.39 is 0 Å². The Labute approximate surface area is 41.7 Å². The lowest BCUT2D eigenvalue weighted by atomic mass is 10.6. The summed E-state index contributed by atoms with van der Waals surface area (Å²) < 4.78 is 4.56. The molecule has 0 aromatic rings. The monoisotopic (exact) mass is 98.0 g/mol. The third-order valence-corrected chi connectivity index (χ3v) is 0.675. The van der Waals surface area contributed by atoms with Gasteiger partial charge in [-0.25, -0.2) is 9.98 Å². The first-order valence-corrected chi connectivity index (χ1v) is 2.08. The van der Waals surface area contributed by atoms with Crippen LogP contribution in [-0.4, -0.2) is 19.0 Å². The van der Waals surface area contributed by atoms with Crippen molar-refractivity contribution in [2.45, 2.75) is 13.1 Å². The normalized spacial score (nSPS) is 19.6. The van der Waals surface area contributed by atoms with Crippen molar-refractivity contribution in [3.8, 4) is 0 Å². The predicted molar refractivity (Wildman–Crippen MR) is 27.5 cm³/mol. The van der Waals surface area contributed by atoms with Crippen molar-refractivity contribution in [3.05, 3.63) is 0 Å². The van der Waals surface area contributed by atoms with Crippen LogP contribution in [0.3, 0.4) is 0 Å². The van der Waals surface area contributed by atoms with Gasteiger partial charge in [0.15, 0.2) is 12.8 Å². The molecule has 1 aliphatic heterocycles. The molecule has 0 atom stereocenters. The first-order valence-electron chi connectivity index (χ1n) is 2.08. The van der Waals surface area contributed by atoms with Crippen LogP contribution in [0.2, 0.25) is 0 Å². The van der Waals surface area contributed by atoms with Gasteiger partial charge in [-0.3, -0.25) is 0 Å². The Kier molecular flexibility index (Phi) is 1.06. The molecule has 0 aromatic heterocycles. The second-order valence-electron chi connectivity index (χ2n) is 1.28. The quantitative estimate of drug-likeness (QED) is 0.432. The Morgan fingerprint density at radius 3 is 2.29 bits per heavy atom. The lowest BCUT2D eigenvalue weighted by Crippen LogP contribution is -2.01. The lowest BCUT2D eigenvalue weighted by molar-refractivity contribution is 0.549. The van der Waals surface area contributed by atoms with Crippen LogP contribution in [0.25, 0.3) is 0 Å². The summed E-state index contributed by atoms with van der Waals surface area (Å²) in [5, 5.41) is 0. The van der Waals surface area contributed by atoms with Crippen LogP contribution >= 0.6 is 0 Å². The molecule has 0 spiro atoms. The van der Waals surface area contributed by atoms with E-state index in [4.69, 9.17) is 0 Å². The highest BCUT2D eigenvalue weighted by Gasteiger charge is 1.92. The summed E-state index contributed by atoms with van der Waals surface area (Å²) in [6.45, 7) is 1.88. The Hall–Kier alpha value is -0.860. The van der Waals surface area contributed by atoms with Gasteiger partial charge in [-0.15, -0.1) is 0 Å². The molecule has 0 saturated heterocycles. The molecule has 0 amide bonds. The molecular weight excluding hydrogens is 92.1 g/mol. The minimum Gasteiger partial charge on any atom is -0.435 e. The van der Waals surface area contributed by atoms with Crippen molar-refractivity contribution in [2.24, 2.45) is 9.98 Å². The Morgan fingerprint density at radius 1 is 1.43 bits per heavy atom. The van der Waals surface area contributed by atoms with Crippen LogP contribution in [-0.2, 0) is 4.74 Å². The van der Waals surface area contributed by atoms with Gasteiger partial charge in [0.1, 0.15) is 6.17 Å². The molecule has 1 heterocycles. The molecule has 3 heteroatoms. The second-order valence-corrected chi connectivity index (χ2v) is 1.28. The van der Waals surface area contributed by atoms with Crippen molar-refractivity contribution in [2.75, 3.05) is 0 Å². The number of aliphatic imine (C=N–C) groups is 2. The van der Waals surface area contributed by atoms with Crippen molar-refractivity contribution in [1.82, 2.24) is 0 Å². The fraction of sp³-hybridized carbons (Fsp3) is 0.500. The Morgan fingerprint density at radius 2 is 2.00 bits per heavy atom. The molecule has 0 radical (unpaired) electrons. The second kappa shape index (κ2) is 1.73. The highest BCUT2D eigenvalue weighted by atomic mass is 16.5. The van der Waals surface area contributed by atoms with Gasteiger partial charge in [0.25, 0.3) is 0 Å². The summed E-state index contributed by atoms with van der Waals surface area (Å²) in [4.78, 5) is 7.57. The zero-order valence-electron chi connectivity index (χ0n) is 4.03. The van der Waals surface area contributed by atoms with E-state index in [0.29, 0.717) is 0 Å². The molecule has 0 bridgehead atoms. The van der Waals surface area contributed by atoms with E-state index in [1.807, 2.05) is 6.92 Å². The van der Waals surface area contributed by atoms with Gasteiger partial charge in [-0.1, -0.05) is 0 Å². The van der Waals surface area contributed by atoms with Crippen LogP contribution in [0.15, 0.2) is 9.98 Å². The minimum atomic E-state index is 0.0498. The van der Waals surface area contributed by atoms with Gasteiger partial charge in [0.2, 0.25) is 0 Å². The maximum Gasteiger partial charge on any atom is 0.180 e. The summed E-state index contributed by atoms with van der Waals surface area (Å²) in [7, 11) is 0. The van der Waals surface area contributed by atoms with E-state index in [0.717, 1.165) is 0 Å². The standard InChI is InChI=1S/C4H6N2O/c1-4-5-2-7-3-6-4/h2-4H,1H3. The van der Waals surface area contributed by atoms with E-state index in [-0.39, 0.29) is 6.17 Å². The SMILES string of the molecule is CC1N=COC=N1. The number of nitrogens with zero attached hydrogens (tertiary/aromatic N) is 2. The zero-order valence-corrected chi connectivity index (χ0v) is 4.03. The maximum absolute atomic E-state index is 4.56. The summed E-state index contributed by atoms with van der Waals surface area (Å²) >= 11 is 0. The van der Waals surface area contributed by atoms with Crippen LogP contribution in [0.1, 0.15) is 6.92 Å². The number of rotatable bonds is 0. The molecule has 0 unspecified atom stereocenters. The highest BCUT2D eigenvalue weighted by Crippen LogP contribution is 1.91. The predicted octanol–water partition coefficient (Wildman–Crippen LogP) is 0.419. The van der Waals surface area contributed by atoms with Crippen molar-refractivity contribution in [1.29, 1.82) is 0 Å². The van der Waals surface area contributed by atoms with Crippen LogP contribution in [0.5, 0.6) is 0 Å². The van der Waals surface area contributed by atoms with Gasteiger partial charge >= 0.3 is 0 Å². The van der Waals surface area contributed by atoms with Gasteiger partial charge in [0.05, 0.1) is 0 Å². The van der Waals surface area contributed by atoms with E-state index in [1.165, 1.54) is 12.8 Å². The Balaban J connectivity index is 2.49. The largest absolute Gasteiger partial charge is 0.435 e. The molecule has 7 heavy (non-hydrogen) atoms. The molecule has 0 saturated carbocycles. The Bertz CT molecular complexity index is 96.3. The van der Waals surface area contributed by atoms with E-state index in [1.54, 1.807) is 0 Å². The van der Waals surface area contributed by atoms with Gasteiger partial charge < -0.3 is 4.74 Å². The number of hydrogen-bond acceptors (Lipinski definition) is 3. The summed E-state index contributed by atoms with van der Waals surface area (Å²) in [6.07, 6.45) is 2.82. The summed E-state index contributed by atoms with van der Waals surface area (Å²) in [6, 6.07) is 0. The summed E-state index contributed by atoms with van der Waals surface area (Å²) in [5.41, 5.74) is 0. The molecule has 38 valence electrons. The molecule has 0 fully saturated rings. The molecule has 1 aliphatic rings. The first kappa shape index (κ1) is 4.30. The maximum atomic E-state index is 4.56. The van der Waals surface area contributed by atoms with Crippen LogP contribution in [0, 0.1) is 0 Å². The van der Waals surface area contributed by atoms with Crippen molar-refractivity contribution >= 4 is 12.8 Å². The minimum absolute atomic E-state index is 0.0498. The molecule has 0 aromatic carbocycles. The van der Waals surface area contributed by atoms with E-state index in [2.05, 4.69) is 14.7 Å². The third-order valence-electron chi connectivity index (χ3n) is 0.675. The molecule has 1 rings (SSSR count). The van der Waals surface area contributed by atoms with Crippen LogP contribution in [0.4, 0.5) is 0 Å². The fourth-order valence-electron chi connectivity index (χ4n) is 0.312. The highest BCUT2D eigenvalue weighted by molar-refractivity contribution is 5.65. The summed E-state index contributed by atoms with van der Waals surface area (Å²) in [5.74, 6) is 0. The van der Waals surface area contributed by atoms with Crippen molar-refractivity contribution in [3.63, 3.8) is 0 Å². The van der Waals surface area contributed by atoms with E-state index >= 15 is 0 Å². The lowest BCUT2D eigenvalue weighted by Gasteiger charge is -2.00. The smallest absolute Gasteiger partial charge is 0.180 e. The van der Waals surface area contributed by atoms with Crippen molar-refractivity contribution < 1.29 is 4.74 Å². The molecule has 3 nitrogen and oxygen atoms in total. The number of ether oxygens (including phenoxy) is 1. The van der Waals surface area contributed by atoms with E-state index in [9.17, 15) is 0 Å². The third kappa shape index (κ3) is 0.994. The van der Waals surface area contributed by atoms with Gasteiger partial charge in [-0.2, -0.15) is 0 Å². The zero-order chi connectivity index (χ0) is 5.11. The average Bonchev–Trinajstić information content (AvgIpc) is 1.69. The molecular formula is C4H6N2O. The average molecular weight is 98.1 g/mol. The first-order chi connectivity index (χ1) is 3.39. The molecule has 0 N–H and O–H groups in total. The van der Waals surface area contributed by atoms with Gasteiger partial charge in [-0.05, 0) is 6.92 Å². The number of hydrogen-bond donors (Lipinski definition) is 0.